The molecule has 17 heavy (non-hydrogen) atoms. The number of rotatable bonds is 6. The van der Waals surface area contributed by atoms with E-state index in [4.69, 9.17) is 4.74 Å². The number of carbonyl (C=O) groups is 1. The second kappa shape index (κ2) is 7.45. The van der Waals surface area contributed by atoms with Gasteiger partial charge in [-0.25, -0.2) is 0 Å². The molecule has 1 N–H and O–H groups in total. The second-order valence-corrected chi connectivity index (χ2v) is 4.83. The zero-order valence-corrected chi connectivity index (χ0v) is 11.8. The number of unbranched alkanes of at least 4 members (excludes halogenated alkanes) is 1. The van der Waals surface area contributed by atoms with Gasteiger partial charge in [-0.2, -0.15) is 0 Å². The molecule has 0 heterocycles. The predicted octanol–water partition coefficient (Wildman–Crippen LogP) is 2.91. The molecule has 94 valence electrons. The van der Waals surface area contributed by atoms with E-state index < -0.39 is 0 Å². The minimum Gasteiger partial charge on any atom is -0.385 e. The number of benzene rings is 1. The maximum Gasteiger partial charge on any atom is 0.251 e. The molecule has 3 nitrogen and oxygen atoms in total. The molecular formula is C13H18BrNO2. The van der Waals surface area contributed by atoms with E-state index >= 15 is 0 Å². The van der Waals surface area contributed by atoms with Gasteiger partial charge in [-0.05, 0) is 37.5 Å². The van der Waals surface area contributed by atoms with Crippen molar-refractivity contribution in [2.45, 2.75) is 19.8 Å². The summed E-state index contributed by atoms with van der Waals surface area (Å²) in [6, 6.07) is 5.72. The van der Waals surface area contributed by atoms with Gasteiger partial charge in [-0.15, -0.1) is 0 Å². The van der Waals surface area contributed by atoms with Gasteiger partial charge in [0.05, 0.1) is 0 Å². The number of nitrogens with one attached hydrogen (secondary N) is 1. The van der Waals surface area contributed by atoms with Crippen LogP contribution in [-0.4, -0.2) is 26.2 Å². The lowest BCUT2D eigenvalue weighted by Crippen LogP contribution is -2.25. The van der Waals surface area contributed by atoms with Crippen molar-refractivity contribution in [3.8, 4) is 0 Å². The van der Waals surface area contributed by atoms with Crippen LogP contribution in [0.15, 0.2) is 22.7 Å². The highest BCUT2D eigenvalue weighted by Gasteiger charge is 2.08. The Kier molecular flexibility index (Phi) is 6.22. The Labute approximate surface area is 111 Å². The van der Waals surface area contributed by atoms with Crippen LogP contribution < -0.4 is 5.32 Å². The highest BCUT2D eigenvalue weighted by molar-refractivity contribution is 9.10. The summed E-state index contributed by atoms with van der Waals surface area (Å²) < 4.78 is 5.87. The fourth-order valence-electron chi connectivity index (χ4n) is 1.51. The first-order chi connectivity index (χ1) is 8.15. The summed E-state index contributed by atoms with van der Waals surface area (Å²) in [7, 11) is 1.68. The molecule has 0 spiro atoms. The van der Waals surface area contributed by atoms with E-state index in [0.29, 0.717) is 6.54 Å². The van der Waals surface area contributed by atoms with E-state index in [2.05, 4.69) is 21.2 Å². The summed E-state index contributed by atoms with van der Waals surface area (Å²) in [5.41, 5.74) is 1.72. The number of carbonyl (C=O) groups excluding carboxylic acids is 1. The highest BCUT2D eigenvalue weighted by atomic mass is 79.9. The van der Waals surface area contributed by atoms with E-state index in [-0.39, 0.29) is 5.91 Å². The van der Waals surface area contributed by atoms with Crippen LogP contribution >= 0.6 is 15.9 Å². The topological polar surface area (TPSA) is 38.3 Å². The molecule has 0 fully saturated rings. The van der Waals surface area contributed by atoms with Gasteiger partial charge in [-0.3, -0.25) is 4.79 Å². The number of ether oxygens (including phenoxy) is 1. The maximum absolute atomic E-state index is 11.9. The fraction of sp³-hybridized carbons (Fsp3) is 0.462. The van der Waals surface area contributed by atoms with E-state index in [1.165, 1.54) is 0 Å². The van der Waals surface area contributed by atoms with Crippen molar-refractivity contribution >= 4 is 21.8 Å². The first kappa shape index (κ1) is 14.2. The first-order valence-electron chi connectivity index (χ1n) is 5.68. The number of hydrogen-bond donors (Lipinski definition) is 1. The van der Waals surface area contributed by atoms with Crippen LogP contribution in [0.5, 0.6) is 0 Å². The molecule has 0 aliphatic heterocycles. The van der Waals surface area contributed by atoms with Crippen molar-refractivity contribution in [1.82, 2.24) is 5.32 Å². The fourth-order valence-corrected chi connectivity index (χ4v) is 1.87. The summed E-state index contributed by atoms with van der Waals surface area (Å²) in [5.74, 6) is -0.0128. The molecule has 4 heteroatoms. The molecular weight excluding hydrogens is 282 g/mol. The summed E-state index contributed by atoms with van der Waals surface area (Å²) >= 11 is 3.37. The minimum absolute atomic E-state index is 0.0128. The lowest BCUT2D eigenvalue weighted by molar-refractivity contribution is 0.0950. The van der Waals surface area contributed by atoms with Gasteiger partial charge in [0.2, 0.25) is 0 Å². The smallest absolute Gasteiger partial charge is 0.251 e. The van der Waals surface area contributed by atoms with Crippen molar-refractivity contribution in [2.75, 3.05) is 20.3 Å². The van der Waals surface area contributed by atoms with Crippen LogP contribution in [0, 0.1) is 6.92 Å². The van der Waals surface area contributed by atoms with E-state index in [9.17, 15) is 4.79 Å². The zero-order valence-electron chi connectivity index (χ0n) is 10.3. The summed E-state index contributed by atoms with van der Waals surface area (Å²) in [5, 5.41) is 2.91. The number of halogens is 1. The Hall–Kier alpha value is -0.870. The third-order valence-electron chi connectivity index (χ3n) is 2.51. The molecule has 0 aliphatic carbocycles. The Morgan fingerprint density at radius 1 is 1.41 bits per heavy atom. The Balaban J connectivity index is 2.44. The van der Waals surface area contributed by atoms with E-state index in [1.807, 2.05) is 25.1 Å². The maximum atomic E-state index is 11.9. The lowest BCUT2D eigenvalue weighted by Gasteiger charge is -2.08. The van der Waals surface area contributed by atoms with Crippen molar-refractivity contribution in [3.63, 3.8) is 0 Å². The van der Waals surface area contributed by atoms with Crippen molar-refractivity contribution in [2.24, 2.45) is 0 Å². The molecule has 1 rings (SSSR count). The zero-order chi connectivity index (χ0) is 12.7. The van der Waals surface area contributed by atoms with Gasteiger partial charge >= 0.3 is 0 Å². The summed E-state index contributed by atoms with van der Waals surface area (Å²) in [6.07, 6.45) is 1.90. The van der Waals surface area contributed by atoms with Crippen molar-refractivity contribution in [1.29, 1.82) is 0 Å². The third kappa shape index (κ3) is 4.88. The number of methoxy groups -OCH3 is 1. The largest absolute Gasteiger partial charge is 0.385 e. The molecule has 0 saturated heterocycles. The lowest BCUT2D eigenvalue weighted by atomic mass is 10.1. The molecule has 0 radical (unpaired) electrons. The van der Waals surface area contributed by atoms with Gasteiger partial charge in [0.25, 0.3) is 5.91 Å². The van der Waals surface area contributed by atoms with Crippen LogP contribution in [0.4, 0.5) is 0 Å². The molecule has 0 unspecified atom stereocenters. The average Bonchev–Trinajstić information content (AvgIpc) is 2.32. The van der Waals surface area contributed by atoms with Crippen LogP contribution in [-0.2, 0) is 4.74 Å². The van der Waals surface area contributed by atoms with Crippen molar-refractivity contribution < 1.29 is 9.53 Å². The SMILES string of the molecule is COCCCCNC(=O)c1cc(Br)ccc1C. The molecule has 0 atom stereocenters. The standard InChI is InChI=1S/C13H18BrNO2/c1-10-5-6-11(14)9-12(10)13(16)15-7-3-4-8-17-2/h5-6,9H,3-4,7-8H2,1-2H3,(H,15,16). The second-order valence-electron chi connectivity index (χ2n) is 3.92. The number of amides is 1. The Morgan fingerprint density at radius 2 is 2.18 bits per heavy atom. The molecule has 1 amide bonds. The normalized spacial score (nSPS) is 10.3. The van der Waals surface area contributed by atoms with Gasteiger partial charge in [0.15, 0.2) is 0 Å². The van der Waals surface area contributed by atoms with Crippen LogP contribution in [0.3, 0.4) is 0 Å². The first-order valence-corrected chi connectivity index (χ1v) is 6.47. The Morgan fingerprint density at radius 3 is 2.88 bits per heavy atom. The van der Waals surface area contributed by atoms with Crippen LogP contribution in [0.2, 0.25) is 0 Å². The van der Waals surface area contributed by atoms with Crippen LogP contribution in [0.25, 0.3) is 0 Å². The predicted molar refractivity (Wildman–Crippen MR) is 72.3 cm³/mol. The molecule has 0 aromatic heterocycles. The number of hydrogen-bond acceptors (Lipinski definition) is 2. The molecule has 1 aromatic rings. The molecule has 0 aliphatic rings. The molecule has 0 saturated carbocycles. The van der Waals surface area contributed by atoms with Gasteiger partial charge < -0.3 is 10.1 Å². The number of aryl methyl sites for hydroxylation is 1. The quantitative estimate of drug-likeness (QED) is 0.820. The molecule has 1 aromatic carbocycles. The van der Waals surface area contributed by atoms with E-state index in [0.717, 1.165) is 35.0 Å². The van der Waals surface area contributed by atoms with Gasteiger partial charge in [-0.1, -0.05) is 22.0 Å². The molecule has 0 bridgehead atoms. The van der Waals surface area contributed by atoms with Gasteiger partial charge in [0, 0.05) is 30.3 Å². The minimum atomic E-state index is -0.0128. The Bertz CT molecular complexity index is 380. The van der Waals surface area contributed by atoms with E-state index in [1.54, 1.807) is 7.11 Å². The highest BCUT2D eigenvalue weighted by Crippen LogP contribution is 2.15. The monoisotopic (exact) mass is 299 g/mol. The third-order valence-corrected chi connectivity index (χ3v) is 3.00. The summed E-state index contributed by atoms with van der Waals surface area (Å²) in [4.78, 5) is 11.9. The van der Waals surface area contributed by atoms with Crippen molar-refractivity contribution in [3.05, 3.63) is 33.8 Å². The average molecular weight is 300 g/mol. The summed E-state index contributed by atoms with van der Waals surface area (Å²) in [6.45, 7) is 3.37. The van der Waals surface area contributed by atoms with Crippen LogP contribution in [0.1, 0.15) is 28.8 Å². The van der Waals surface area contributed by atoms with Gasteiger partial charge in [0.1, 0.15) is 0 Å².